The fourth-order valence-electron chi connectivity index (χ4n) is 5.14. The highest BCUT2D eigenvalue weighted by atomic mass is 16.2. The van der Waals surface area contributed by atoms with E-state index in [-0.39, 0.29) is 11.9 Å². The molecule has 1 N–H and O–H groups in total. The van der Waals surface area contributed by atoms with Gasteiger partial charge in [0.05, 0.1) is 12.6 Å². The molecule has 0 radical (unpaired) electrons. The molecule has 0 atom stereocenters. The van der Waals surface area contributed by atoms with Crippen LogP contribution in [0.2, 0.25) is 0 Å². The van der Waals surface area contributed by atoms with E-state index in [4.69, 9.17) is 0 Å². The first-order valence-corrected chi connectivity index (χ1v) is 12.9. The van der Waals surface area contributed by atoms with Crippen LogP contribution in [0.4, 0.5) is 5.69 Å². The third-order valence-electron chi connectivity index (χ3n) is 7.01. The van der Waals surface area contributed by atoms with Crippen molar-refractivity contribution in [3.63, 3.8) is 0 Å². The molecule has 0 bridgehead atoms. The topological polar surface area (TPSA) is 35.6 Å². The van der Waals surface area contributed by atoms with Gasteiger partial charge in [-0.2, -0.15) is 0 Å². The minimum Gasteiger partial charge on any atom is -0.324 e. The largest absolute Gasteiger partial charge is 0.324 e. The van der Waals surface area contributed by atoms with Crippen molar-refractivity contribution in [2.24, 2.45) is 0 Å². The summed E-state index contributed by atoms with van der Waals surface area (Å²) in [5.74, 6) is 0.803. The normalized spacial score (nSPS) is 15.2. The molecular weight excluding hydrogens is 430 g/mol. The molecule has 0 aromatic heterocycles. The van der Waals surface area contributed by atoms with Gasteiger partial charge in [0, 0.05) is 31.9 Å². The standard InChI is InChI=1S/C31H39N3O/c1-23(2)27-16-11-17-28(24(3)4)30(27)32-29(35)22-33-18-20-34(21-19-33)31(25-12-7-5-8-13-25)26-14-9-6-10-15-26/h5-17,23-24,31H,18-22H2,1-4H3,(H,32,35). The van der Waals surface area contributed by atoms with Gasteiger partial charge < -0.3 is 5.32 Å². The van der Waals surface area contributed by atoms with E-state index >= 15 is 0 Å². The summed E-state index contributed by atoms with van der Waals surface area (Å²) in [4.78, 5) is 18.0. The molecule has 4 nitrogen and oxygen atoms in total. The van der Waals surface area contributed by atoms with Gasteiger partial charge in [0.15, 0.2) is 0 Å². The van der Waals surface area contributed by atoms with Crippen molar-refractivity contribution in [1.29, 1.82) is 0 Å². The Labute approximate surface area is 211 Å². The van der Waals surface area contributed by atoms with Crippen LogP contribution in [0.1, 0.15) is 67.8 Å². The van der Waals surface area contributed by atoms with Gasteiger partial charge in [-0.15, -0.1) is 0 Å². The Hall–Kier alpha value is -2.95. The zero-order valence-electron chi connectivity index (χ0n) is 21.6. The third-order valence-corrected chi connectivity index (χ3v) is 7.01. The summed E-state index contributed by atoms with van der Waals surface area (Å²) in [6.45, 7) is 12.8. The summed E-state index contributed by atoms with van der Waals surface area (Å²) < 4.78 is 0. The number of piperazine rings is 1. The number of para-hydroxylation sites is 1. The van der Waals surface area contributed by atoms with Crippen LogP contribution in [0, 0.1) is 0 Å². The Balaban J connectivity index is 1.42. The number of hydrogen-bond donors (Lipinski definition) is 1. The predicted octanol–water partition coefficient (Wildman–Crippen LogP) is 6.28. The van der Waals surface area contributed by atoms with E-state index in [0.29, 0.717) is 18.4 Å². The van der Waals surface area contributed by atoms with Gasteiger partial charge in [0.1, 0.15) is 0 Å². The molecule has 0 saturated carbocycles. The van der Waals surface area contributed by atoms with E-state index in [1.54, 1.807) is 0 Å². The lowest BCUT2D eigenvalue weighted by molar-refractivity contribution is -0.117. The fraction of sp³-hybridized carbons (Fsp3) is 0.387. The second-order valence-electron chi connectivity index (χ2n) is 10.2. The van der Waals surface area contributed by atoms with Crippen LogP contribution in [-0.4, -0.2) is 48.4 Å². The highest BCUT2D eigenvalue weighted by Crippen LogP contribution is 2.33. The van der Waals surface area contributed by atoms with Gasteiger partial charge >= 0.3 is 0 Å². The quantitative estimate of drug-likeness (QED) is 0.422. The Morgan fingerprint density at radius 3 is 1.66 bits per heavy atom. The monoisotopic (exact) mass is 469 g/mol. The maximum Gasteiger partial charge on any atom is 0.238 e. The number of nitrogens with zero attached hydrogens (tertiary/aromatic N) is 2. The molecular formula is C31H39N3O. The van der Waals surface area contributed by atoms with Gasteiger partial charge in [-0.1, -0.05) is 107 Å². The number of carbonyl (C=O) groups excluding carboxylic acids is 1. The third kappa shape index (κ3) is 6.19. The summed E-state index contributed by atoms with van der Waals surface area (Å²) in [5, 5.41) is 3.28. The van der Waals surface area contributed by atoms with Crippen LogP contribution in [0.3, 0.4) is 0 Å². The highest BCUT2D eigenvalue weighted by molar-refractivity contribution is 5.94. The lowest BCUT2D eigenvalue weighted by Crippen LogP contribution is -2.49. The smallest absolute Gasteiger partial charge is 0.238 e. The maximum atomic E-state index is 13.1. The molecule has 1 fully saturated rings. The Morgan fingerprint density at radius 1 is 0.714 bits per heavy atom. The fourth-order valence-corrected chi connectivity index (χ4v) is 5.14. The summed E-state index contributed by atoms with van der Waals surface area (Å²) in [5.41, 5.74) is 6.06. The number of rotatable bonds is 8. The van der Waals surface area contributed by atoms with Crippen molar-refractivity contribution in [2.45, 2.75) is 45.6 Å². The van der Waals surface area contributed by atoms with E-state index in [0.717, 1.165) is 31.9 Å². The molecule has 3 aromatic carbocycles. The molecule has 0 aliphatic carbocycles. The second-order valence-corrected chi connectivity index (χ2v) is 10.2. The first-order valence-electron chi connectivity index (χ1n) is 12.9. The van der Waals surface area contributed by atoms with Gasteiger partial charge in [-0.05, 0) is 34.1 Å². The molecule has 3 aromatic rings. The number of benzene rings is 3. The van der Waals surface area contributed by atoms with Crippen molar-refractivity contribution in [2.75, 3.05) is 38.0 Å². The highest BCUT2D eigenvalue weighted by Gasteiger charge is 2.27. The van der Waals surface area contributed by atoms with Gasteiger partial charge in [-0.25, -0.2) is 0 Å². The van der Waals surface area contributed by atoms with Crippen LogP contribution >= 0.6 is 0 Å². The lowest BCUT2D eigenvalue weighted by atomic mass is 9.92. The van der Waals surface area contributed by atoms with Gasteiger partial charge in [-0.3, -0.25) is 14.6 Å². The molecule has 4 heteroatoms. The van der Waals surface area contributed by atoms with Crippen LogP contribution < -0.4 is 5.32 Å². The number of carbonyl (C=O) groups is 1. The van der Waals surface area contributed by atoms with E-state index in [9.17, 15) is 4.79 Å². The Morgan fingerprint density at radius 2 is 1.20 bits per heavy atom. The van der Waals surface area contributed by atoms with Crippen LogP contribution in [0.15, 0.2) is 78.9 Å². The lowest BCUT2D eigenvalue weighted by Gasteiger charge is -2.39. The van der Waals surface area contributed by atoms with Crippen molar-refractivity contribution in [1.82, 2.24) is 9.80 Å². The molecule has 1 aliphatic rings. The van der Waals surface area contributed by atoms with E-state index < -0.39 is 0 Å². The summed E-state index contributed by atoms with van der Waals surface area (Å²) in [6, 6.07) is 28.1. The Bertz CT molecular complexity index is 1020. The number of hydrogen-bond acceptors (Lipinski definition) is 3. The second kappa shape index (κ2) is 11.7. The van der Waals surface area contributed by atoms with Gasteiger partial charge in [0.2, 0.25) is 5.91 Å². The number of anilines is 1. The SMILES string of the molecule is CC(C)c1cccc(C(C)C)c1NC(=O)CN1CCN(C(c2ccccc2)c2ccccc2)CC1. The number of amides is 1. The Kier molecular flexibility index (Phi) is 8.37. The van der Waals surface area contributed by atoms with E-state index in [2.05, 4.69) is 122 Å². The van der Waals surface area contributed by atoms with Crippen LogP contribution in [-0.2, 0) is 4.79 Å². The van der Waals surface area contributed by atoms with E-state index in [1.807, 2.05) is 0 Å². The predicted molar refractivity (Wildman–Crippen MR) is 146 cm³/mol. The zero-order chi connectivity index (χ0) is 24.8. The summed E-state index contributed by atoms with van der Waals surface area (Å²) in [7, 11) is 0. The minimum atomic E-state index is 0.0797. The summed E-state index contributed by atoms with van der Waals surface area (Å²) in [6.07, 6.45) is 0. The number of nitrogens with one attached hydrogen (secondary N) is 1. The zero-order valence-corrected chi connectivity index (χ0v) is 21.6. The minimum absolute atomic E-state index is 0.0797. The van der Waals surface area contributed by atoms with Crippen molar-refractivity contribution in [3.05, 3.63) is 101 Å². The maximum absolute atomic E-state index is 13.1. The van der Waals surface area contributed by atoms with Crippen molar-refractivity contribution < 1.29 is 4.79 Å². The molecule has 0 unspecified atom stereocenters. The summed E-state index contributed by atoms with van der Waals surface area (Å²) >= 11 is 0. The van der Waals surface area contributed by atoms with Crippen molar-refractivity contribution in [3.8, 4) is 0 Å². The average Bonchev–Trinajstić information content (AvgIpc) is 2.86. The molecule has 1 amide bonds. The molecule has 4 rings (SSSR count). The van der Waals surface area contributed by atoms with Crippen molar-refractivity contribution >= 4 is 11.6 Å². The van der Waals surface area contributed by atoms with E-state index in [1.165, 1.54) is 22.3 Å². The average molecular weight is 470 g/mol. The molecule has 35 heavy (non-hydrogen) atoms. The first kappa shape index (κ1) is 25.2. The molecule has 1 aliphatic heterocycles. The molecule has 184 valence electrons. The van der Waals surface area contributed by atoms with Crippen LogP contribution in [0.5, 0.6) is 0 Å². The molecule has 1 heterocycles. The molecule has 1 saturated heterocycles. The van der Waals surface area contributed by atoms with Crippen LogP contribution in [0.25, 0.3) is 0 Å². The van der Waals surface area contributed by atoms with Gasteiger partial charge in [0.25, 0.3) is 0 Å². The first-order chi connectivity index (χ1) is 16.9. The molecule has 0 spiro atoms.